The van der Waals surface area contributed by atoms with E-state index in [2.05, 4.69) is 6.92 Å². The largest absolute Gasteiger partial charge is 0.494 e. The molecule has 5 nitrogen and oxygen atoms in total. The number of rotatable bonds is 22. The molecule has 0 fully saturated rings. The van der Waals surface area contributed by atoms with E-state index in [1.165, 1.54) is 113 Å². The zero-order valence-corrected chi connectivity index (χ0v) is 21.3. The van der Waals surface area contributed by atoms with Gasteiger partial charge in [-0.25, -0.2) is 0 Å². The smallest absolute Gasteiger partial charge is 0.210 e. The molecule has 1 unspecified atom stereocenters. The summed E-state index contributed by atoms with van der Waals surface area (Å²) >= 11 is 0. The fraction of sp³-hybridized carbons (Fsp3) is 0.846. The second-order valence-corrected chi connectivity index (χ2v) is 10.7. The lowest BCUT2D eigenvalue weighted by molar-refractivity contribution is 0.321. The predicted octanol–water partition coefficient (Wildman–Crippen LogP) is 7.04. The van der Waals surface area contributed by atoms with Crippen molar-refractivity contribution < 1.29 is 19.5 Å². The van der Waals surface area contributed by atoms with Crippen molar-refractivity contribution in [1.82, 2.24) is 4.57 Å². The van der Waals surface area contributed by atoms with E-state index in [1.54, 1.807) is 0 Å². The summed E-state index contributed by atoms with van der Waals surface area (Å²) in [6.07, 6.45) is 23.8. The Labute approximate surface area is 199 Å². The van der Waals surface area contributed by atoms with Crippen LogP contribution < -0.4 is 0 Å². The van der Waals surface area contributed by atoms with Crippen LogP contribution in [-0.2, 0) is 17.3 Å². The number of aromatic nitrogens is 1. The highest BCUT2D eigenvalue weighted by atomic mass is 32.2. The van der Waals surface area contributed by atoms with Crippen LogP contribution in [-0.4, -0.2) is 36.5 Å². The zero-order valence-electron chi connectivity index (χ0n) is 20.5. The van der Waals surface area contributed by atoms with Crippen LogP contribution in [0.4, 0.5) is 0 Å². The molecule has 32 heavy (non-hydrogen) atoms. The average molecular weight is 472 g/mol. The molecule has 0 aliphatic carbocycles. The topological polar surface area (TPSA) is 82.7 Å². The first-order valence-electron chi connectivity index (χ1n) is 13.2. The Hall–Kier alpha value is -1.01. The number of hydrogen-bond acceptors (Lipinski definition) is 4. The molecule has 1 aromatic rings. The number of aliphatic hydroxyl groups is 1. The Balaban J connectivity index is 1.92. The Kier molecular flexibility index (Phi) is 17.6. The van der Waals surface area contributed by atoms with E-state index in [-0.39, 0.29) is 29.0 Å². The number of nitrogens with zero attached hydrogens (tertiary/aromatic N) is 1. The minimum atomic E-state index is -1.49. The van der Waals surface area contributed by atoms with Gasteiger partial charge in [-0.2, -0.15) is 0 Å². The quantitative estimate of drug-likeness (QED) is 0.158. The molecule has 0 bridgehead atoms. The molecule has 0 aromatic carbocycles. The Morgan fingerprint density at radius 2 is 1.12 bits per heavy atom. The summed E-state index contributed by atoms with van der Waals surface area (Å²) in [5.74, 6) is -0.132. The van der Waals surface area contributed by atoms with Gasteiger partial charge in [-0.05, 0) is 6.42 Å². The SMILES string of the molecule is CCCCCCCCCCCCCCCCCCCCn1c(O)cc(S(=O)CCO)c1O. The van der Waals surface area contributed by atoms with Crippen molar-refractivity contribution >= 4 is 10.8 Å². The monoisotopic (exact) mass is 471 g/mol. The molecule has 6 heteroatoms. The van der Waals surface area contributed by atoms with Gasteiger partial charge in [0, 0.05) is 12.6 Å². The van der Waals surface area contributed by atoms with Crippen LogP contribution in [0.2, 0.25) is 0 Å². The predicted molar refractivity (Wildman–Crippen MR) is 135 cm³/mol. The van der Waals surface area contributed by atoms with Gasteiger partial charge in [-0.1, -0.05) is 116 Å². The van der Waals surface area contributed by atoms with Crippen LogP contribution in [0.25, 0.3) is 0 Å². The second-order valence-electron chi connectivity index (χ2n) is 9.13. The molecule has 1 rings (SSSR count). The summed E-state index contributed by atoms with van der Waals surface area (Å²) in [6.45, 7) is 2.58. The third kappa shape index (κ3) is 12.9. The number of aromatic hydroxyl groups is 2. The van der Waals surface area contributed by atoms with Crippen LogP contribution in [0.15, 0.2) is 11.0 Å². The Morgan fingerprint density at radius 3 is 1.53 bits per heavy atom. The molecule has 0 amide bonds. The second kappa shape index (κ2) is 19.5. The van der Waals surface area contributed by atoms with Crippen LogP contribution in [0.3, 0.4) is 0 Å². The molecule has 0 spiro atoms. The van der Waals surface area contributed by atoms with E-state index in [0.29, 0.717) is 6.54 Å². The van der Waals surface area contributed by atoms with Crippen molar-refractivity contribution in [3.63, 3.8) is 0 Å². The molecular weight excluding hydrogens is 422 g/mol. The molecule has 0 aliphatic rings. The van der Waals surface area contributed by atoms with Gasteiger partial charge in [0.25, 0.3) is 0 Å². The fourth-order valence-electron chi connectivity index (χ4n) is 4.25. The molecule has 0 saturated carbocycles. The molecule has 188 valence electrons. The van der Waals surface area contributed by atoms with Crippen molar-refractivity contribution in [2.75, 3.05) is 12.4 Å². The summed E-state index contributed by atoms with van der Waals surface area (Å²) in [4.78, 5) is 0.207. The molecule has 0 saturated heterocycles. The zero-order chi connectivity index (χ0) is 23.4. The lowest BCUT2D eigenvalue weighted by Gasteiger charge is -2.07. The Morgan fingerprint density at radius 1 is 0.719 bits per heavy atom. The highest BCUT2D eigenvalue weighted by Crippen LogP contribution is 2.31. The summed E-state index contributed by atoms with van der Waals surface area (Å²) in [5.41, 5.74) is 0. The normalized spacial score (nSPS) is 12.4. The highest BCUT2D eigenvalue weighted by Gasteiger charge is 2.18. The van der Waals surface area contributed by atoms with Gasteiger partial charge in [-0.15, -0.1) is 0 Å². The maximum atomic E-state index is 11.9. The van der Waals surface area contributed by atoms with Crippen LogP contribution in [0.5, 0.6) is 11.8 Å². The fourth-order valence-corrected chi connectivity index (χ4v) is 5.19. The van der Waals surface area contributed by atoms with Crippen LogP contribution in [0, 0.1) is 0 Å². The van der Waals surface area contributed by atoms with Gasteiger partial charge in [0.2, 0.25) is 5.88 Å². The Bertz CT molecular complexity index is 603. The molecule has 3 N–H and O–H groups in total. The molecule has 0 aliphatic heterocycles. The lowest BCUT2D eigenvalue weighted by atomic mass is 10.0. The maximum Gasteiger partial charge on any atom is 0.210 e. The molecule has 0 radical (unpaired) electrons. The summed E-state index contributed by atoms with van der Waals surface area (Å²) in [6, 6.07) is 1.34. The highest BCUT2D eigenvalue weighted by molar-refractivity contribution is 7.85. The maximum absolute atomic E-state index is 11.9. The average Bonchev–Trinajstić information content (AvgIpc) is 3.06. The van der Waals surface area contributed by atoms with Crippen molar-refractivity contribution in [3.05, 3.63) is 6.07 Å². The van der Waals surface area contributed by atoms with Crippen molar-refractivity contribution in [2.45, 2.75) is 134 Å². The van der Waals surface area contributed by atoms with Crippen LogP contribution >= 0.6 is 0 Å². The summed E-state index contributed by atoms with van der Waals surface area (Å²) in [7, 11) is -1.49. The van der Waals surface area contributed by atoms with Gasteiger partial charge >= 0.3 is 0 Å². The first-order valence-corrected chi connectivity index (χ1v) is 14.5. The number of unbranched alkanes of at least 4 members (excludes halogenated alkanes) is 17. The van der Waals surface area contributed by atoms with Crippen LogP contribution in [0.1, 0.15) is 122 Å². The van der Waals surface area contributed by atoms with Gasteiger partial charge in [0.15, 0.2) is 5.88 Å². The van der Waals surface area contributed by atoms with Crippen molar-refractivity contribution in [1.29, 1.82) is 0 Å². The van der Waals surface area contributed by atoms with E-state index in [1.807, 2.05) is 0 Å². The first kappa shape index (κ1) is 29.0. The third-order valence-corrected chi connectivity index (χ3v) is 7.61. The molecular formula is C26H49NO4S. The molecule has 1 aromatic heterocycles. The molecule has 1 atom stereocenters. The van der Waals surface area contributed by atoms with Crippen molar-refractivity contribution in [2.24, 2.45) is 0 Å². The summed E-state index contributed by atoms with van der Waals surface area (Å²) < 4.78 is 13.4. The summed E-state index contributed by atoms with van der Waals surface area (Å²) in [5, 5.41) is 29.1. The number of hydrogen-bond donors (Lipinski definition) is 3. The van der Waals surface area contributed by atoms with Crippen molar-refractivity contribution in [3.8, 4) is 11.8 Å². The van der Waals surface area contributed by atoms with Gasteiger partial charge in [0.1, 0.15) is 4.90 Å². The molecule has 1 heterocycles. The van der Waals surface area contributed by atoms with Gasteiger partial charge < -0.3 is 15.3 Å². The minimum Gasteiger partial charge on any atom is -0.494 e. The van der Waals surface area contributed by atoms with Gasteiger partial charge in [0.05, 0.1) is 23.2 Å². The minimum absolute atomic E-state index is 0.0595. The lowest BCUT2D eigenvalue weighted by Crippen LogP contribution is -2.02. The number of aliphatic hydroxyl groups excluding tert-OH is 1. The standard InChI is InChI=1S/C26H49NO4S/c1-2-3-4-5-6-7-8-9-10-11-12-13-14-15-16-17-18-19-20-27-25(29)23-24(26(27)30)32(31)22-21-28/h23,28-30H,2-22H2,1H3. The van der Waals surface area contributed by atoms with E-state index in [4.69, 9.17) is 5.11 Å². The van der Waals surface area contributed by atoms with Gasteiger partial charge in [-0.3, -0.25) is 8.78 Å². The van der Waals surface area contributed by atoms with E-state index in [0.717, 1.165) is 12.8 Å². The van der Waals surface area contributed by atoms with E-state index >= 15 is 0 Å². The van der Waals surface area contributed by atoms with E-state index in [9.17, 15) is 14.4 Å². The van der Waals surface area contributed by atoms with E-state index < -0.39 is 10.8 Å². The first-order chi connectivity index (χ1) is 15.6. The third-order valence-electron chi connectivity index (χ3n) is 6.27.